The average molecular weight is 319 g/mol. The van der Waals surface area contributed by atoms with Crippen LogP contribution in [-0.2, 0) is 16.5 Å². The number of aromatic nitrogens is 2. The van der Waals surface area contributed by atoms with E-state index in [9.17, 15) is 0 Å². The van der Waals surface area contributed by atoms with Crippen LogP contribution in [0.3, 0.4) is 0 Å². The first-order valence-corrected chi connectivity index (χ1v) is 9.25. The molecule has 5 heteroatoms. The van der Waals surface area contributed by atoms with Gasteiger partial charge in [0.15, 0.2) is 0 Å². The van der Waals surface area contributed by atoms with Gasteiger partial charge in [0.1, 0.15) is 11.9 Å². The van der Waals surface area contributed by atoms with Gasteiger partial charge >= 0.3 is 0 Å². The number of nitrogens with one attached hydrogen (secondary N) is 1. The topological polar surface area (TPSA) is 48.3 Å². The summed E-state index contributed by atoms with van der Waals surface area (Å²) in [5, 5.41) is 3.90. The molecule has 3 heterocycles. The Hall–Kier alpha value is -0.910. The highest BCUT2D eigenvalue weighted by Gasteiger charge is 2.40. The molecule has 1 aromatic heterocycles. The van der Waals surface area contributed by atoms with Crippen LogP contribution in [0.4, 0.5) is 0 Å². The smallest absolute Gasteiger partial charge is 0.139 e. The van der Waals surface area contributed by atoms with Crippen molar-refractivity contribution in [2.75, 3.05) is 13.2 Å². The first-order chi connectivity index (χ1) is 11.3. The third-order valence-electron chi connectivity index (χ3n) is 5.97. The summed E-state index contributed by atoms with van der Waals surface area (Å²) in [7, 11) is 2.05. The predicted molar refractivity (Wildman–Crippen MR) is 88.2 cm³/mol. The minimum absolute atomic E-state index is 0.0855. The second kappa shape index (κ2) is 6.54. The number of ether oxygens (including phenoxy) is 2. The highest BCUT2D eigenvalue weighted by atomic mass is 16.5. The molecule has 1 aliphatic carbocycles. The molecule has 3 aliphatic rings. The maximum Gasteiger partial charge on any atom is 0.139 e. The Morgan fingerprint density at radius 1 is 1.17 bits per heavy atom. The summed E-state index contributed by atoms with van der Waals surface area (Å²) in [6.45, 7) is 1.81. The van der Waals surface area contributed by atoms with E-state index in [2.05, 4.69) is 21.9 Å². The largest absolute Gasteiger partial charge is 0.375 e. The quantitative estimate of drug-likeness (QED) is 0.930. The minimum Gasteiger partial charge on any atom is -0.375 e. The Morgan fingerprint density at radius 3 is 2.74 bits per heavy atom. The molecule has 128 valence electrons. The highest BCUT2D eigenvalue weighted by molar-refractivity contribution is 5.03. The van der Waals surface area contributed by atoms with E-state index < -0.39 is 0 Å². The van der Waals surface area contributed by atoms with Gasteiger partial charge in [0.25, 0.3) is 0 Å². The Kier molecular flexibility index (Phi) is 4.43. The molecule has 0 bridgehead atoms. The van der Waals surface area contributed by atoms with Crippen LogP contribution in [-0.4, -0.2) is 40.4 Å². The molecule has 1 aromatic rings. The Labute approximate surface area is 138 Å². The molecule has 4 rings (SSSR count). The highest BCUT2D eigenvalue weighted by Crippen LogP contribution is 2.40. The number of hydrogen-bond acceptors (Lipinski definition) is 4. The molecule has 1 N–H and O–H groups in total. The fourth-order valence-corrected chi connectivity index (χ4v) is 4.62. The van der Waals surface area contributed by atoms with Gasteiger partial charge in [0.05, 0.1) is 5.60 Å². The molecule has 0 aromatic carbocycles. The number of aryl methyl sites for hydroxylation is 1. The maximum atomic E-state index is 6.08. The summed E-state index contributed by atoms with van der Waals surface area (Å²) < 4.78 is 14.2. The molecule has 5 nitrogen and oxygen atoms in total. The molecule has 1 saturated carbocycles. The second-order valence-corrected chi connectivity index (χ2v) is 7.51. The summed E-state index contributed by atoms with van der Waals surface area (Å²) in [4.78, 5) is 4.52. The Bertz CT molecular complexity index is 514. The third-order valence-corrected chi connectivity index (χ3v) is 5.97. The van der Waals surface area contributed by atoms with Crippen molar-refractivity contribution in [2.45, 2.75) is 75.2 Å². The summed E-state index contributed by atoms with van der Waals surface area (Å²) in [5.41, 5.74) is 0.223. The fraction of sp³-hybridized carbons (Fsp3) is 0.833. The van der Waals surface area contributed by atoms with Gasteiger partial charge in [-0.15, -0.1) is 0 Å². The van der Waals surface area contributed by atoms with E-state index in [-0.39, 0.29) is 11.7 Å². The number of rotatable bonds is 3. The molecule has 2 aliphatic heterocycles. The van der Waals surface area contributed by atoms with E-state index >= 15 is 0 Å². The maximum absolute atomic E-state index is 6.08. The Balaban J connectivity index is 1.38. The van der Waals surface area contributed by atoms with Gasteiger partial charge in [-0.05, 0) is 51.4 Å². The molecule has 3 fully saturated rings. The van der Waals surface area contributed by atoms with Crippen LogP contribution in [0.15, 0.2) is 12.4 Å². The lowest BCUT2D eigenvalue weighted by Gasteiger charge is -2.40. The SMILES string of the molecule is Cn1ccnc1[C@H]1OCCC[C@@H]1NC1CCC2(CCCO2)CC1. The third kappa shape index (κ3) is 3.19. The first kappa shape index (κ1) is 15.6. The van der Waals surface area contributed by atoms with Crippen LogP contribution in [0.25, 0.3) is 0 Å². The van der Waals surface area contributed by atoms with Crippen molar-refractivity contribution in [1.82, 2.24) is 14.9 Å². The van der Waals surface area contributed by atoms with Crippen LogP contribution in [0.1, 0.15) is 63.3 Å². The number of nitrogens with zero attached hydrogens (tertiary/aromatic N) is 2. The summed E-state index contributed by atoms with van der Waals surface area (Å²) in [5.74, 6) is 1.05. The lowest BCUT2D eigenvalue weighted by atomic mass is 9.80. The first-order valence-electron chi connectivity index (χ1n) is 9.25. The number of imidazole rings is 1. The van der Waals surface area contributed by atoms with Crippen molar-refractivity contribution < 1.29 is 9.47 Å². The standard InChI is InChI=1S/C18H29N3O2/c1-21-11-10-19-17(21)16-15(4-2-12-22-16)20-14-5-8-18(9-6-14)7-3-13-23-18/h10-11,14-16,20H,2-9,12-13H2,1H3/t14?,15-,16-,18?/m0/s1. The van der Waals surface area contributed by atoms with E-state index in [4.69, 9.17) is 9.47 Å². The molecule has 0 radical (unpaired) electrons. The van der Waals surface area contributed by atoms with Crippen molar-refractivity contribution in [3.8, 4) is 0 Å². The second-order valence-electron chi connectivity index (χ2n) is 7.51. The molecular weight excluding hydrogens is 290 g/mol. The lowest BCUT2D eigenvalue weighted by Crippen LogP contribution is -2.48. The fourth-order valence-electron chi connectivity index (χ4n) is 4.62. The van der Waals surface area contributed by atoms with Crippen LogP contribution < -0.4 is 5.32 Å². The Morgan fingerprint density at radius 2 is 2.04 bits per heavy atom. The van der Waals surface area contributed by atoms with Gasteiger partial charge < -0.3 is 19.4 Å². The van der Waals surface area contributed by atoms with Gasteiger partial charge in [0, 0.05) is 44.7 Å². The van der Waals surface area contributed by atoms with E-state index in [1.54, 1.807) is 0 Å². The molecule has 23 heavy (non-hydrogen) atoms. The van der Waals surface area contributed by atoms with Gasteiger partial charge in [0.2, 0.25) is 0 Å². The van der Waals surface area contributed by atoms with Crippen molar-refractivity contribution in [3.63, 3.8) is 0 Å². The van der Waals surface area contributed by atoms with Crippen LogP contribution >= 0.6 is 0 Å². The van der Waals surface area contributed by atoms with E-state index in [1.165, 1.54) is 44.9 Å². The predicted octanol–water partition coefficient (Wildman–Crippen LogP) is 2.72. The molecule has 0 amide bonds. The molecule has 0 unspecified atom stereocenters. The number of hydrogen-bond donors (Lipinski definition) is 1. The normalized spacial score (nSPS) is 38.2. The van der Waals surface area contributed by atoms with Crippen molar-refractivity contribution >= 4 is 0 Å². The monoisotopic (exact) mass is 319 g/mol. The lowest BCUT2D eigenvalue weighted by molar-refractivity contribution is -0.0429. The van der Waals surface area contributed by atoms with E-state index in [1.807, 2.05) is 12.4 Å². The van der Waals surface area contributed by atoms with Gasteiger partial charge in [-0.2, -0.15) is 0 Å². The minimum atomic E-state index is 0.0855. The van der Waals surface area contributed by atoms with E-state index in [0.29, 0.717) is 12.1 Å². The molecule has 2 atom stereocenters. The summed E-state index contributed by atoms with van der Waals surface area (Å²) in [6, 6.07) is 0.979. The van der Waals surface area contributed by atoms with E-state index in [0.717, 1.165) is 25.5 Å². The van der Waals surface area contributed by atoms with Gasteiger partial charge in [-0.1, -0.05) is 0 Å². The molecular formula is C18H29N3O2. The summed E-state index contributed by atoms with van der Waals surface area (Å²) in [6.07, 6.45) is 13.7. The van der Waals surface area contributed by atoms with Gasteiger partial charge in [-0.25, -0.2) is 4.98 Å². The molecule has 1 spiro atoms. The van der Waals surface area contributed by atoms with Crippen LogP contribution in [0.2, 0.25) is 0 Å². The van der Waals surface area contributed by atoms with Crippen molar-refractivity contribution in [3.05, 3.63) is 18.2 Å². The van der Waals surface area contributed by atoms with Crippen molar-refractivity contribution in [1.29, 1.82) is 0 Å². The van der Waals surface area contributed by atoms with Gasteiger partial charge in [-0.3, -0.25) is 0 Å². The average Bonchev–Trinajstić information content (AvgIpc) is 3.20. The zero-order valence-corrected chi connectivity index (χ0v) is 14.2. The van der Waals surface area contributed by atoms with Crippen LogP contribution in [0, 0.1) is 0 Å². The van der Waals surface area contributed by atoms with Crippen LogP contribution in [0.5, 0.6) is 0 Å². The molecule has 2 saturated heterocycles. The zero-order valence-electron chi connectivity index (χ0n) is 14.2. The van der Waals surface area contributed by atoms with Crippen molar-refractivity contribution in [2.24, 2.45) is 7.05 Å². The zero-order chi connectivity index (χ0) is 15.7. The summed E-state index contributed by atoms with van der Waals surface area (Å²) >= 11 is 0.